The number of hydrogen-bond acceptors (Lipinski definition) is 2. The zero-order valence-corrected chi connectivity index (χ0v) is 10.7. The van der Waals surface area contributed by atoms with E-state index < -0.39 is 0 Å². The van der Waals surface area contributed by atoms with Gasteiger partial charge >= 0.3 is 0 Å². The number of aromatic amines is 1. The molecule has 3 nitrogen and oxygen atoms in total. The summed E-state index contributed by atoms with van der Waals surface area (Å²) in [5, 5.41) is 4.81. The third kappa shape index (κ3) is 3.08. The number of likely N-dealkylation sites (N-methyl/N-ethyl adjacent to an activating group) is 1. The first-order valence-corrected chi connectivity index (χ1v) is 6.25. The van der Waals surface area contributed by atoms with Crippen LogP contribution in [-0.4, -0.2) is 36.6 Å². The number of para-hydroxylation sites is 1. The van der Waals surface area contributed by atoms with Crippen molar-refractivity contribution in [2.45, 2.75) is 13.5 Å². The van der Waals surface area contributed by atoms with Crippen molar-refractivity contribution in [3.63, 3.8) is 0 Å². The monoisotopic (exact) mass is 231 g/mol. The van der Waals surface area contributed by atoms with Gasteiger partial charge in [-0.1, -0.05) is 25.1 Å². The van der Waals surface area contributed by atoms with E-state index in [1.807, 2.05) is 0 Å². The smallest absolute Gasteiger partial charge is 0.0457 e. The number of nitrogens with zero attached hydrogens (tertiary/aromatic N) is 1. The molecule has 1 aromatic carbocycles. The van der Waals surface area contributed by atoms with Crippen molar-refractivity contribution < 1.29 is 0 Å². The van der Waals surface area contributed by atoms with Gasteiger partial charge in [-0.15, -0.1) is 0 Å². The maximum absolute atomic E-state index is 3.48. The number of hydrogen-bond donors (Lipinski definition) is 2. The number of rotatable bonds is 6. The van der Waals surface area contributed by atoms with E-state index in [1.54, 1.807) is 0 Å². The predicted molar refractivity (Wildman–Crippen MR) is 73.2 cm³/mol. The molecule has 2 N–H and O–H groups in total. The van der Waals surface area contributed by atoms with E-state index in [2.05, 4.69) is 59.6 Å². The number of aromatic nitrogens is 1. The second-order valence-electron chi connectivity index (χ2n) is 4.43. The van der Waals surface area contributed by atoms with Gasteiger partial charge in [0, 0.05) is 36.7 Å². The highest BCUT2D eigenvalue weighted by Gasteiger charge is 2.01. The minimum absolute atomic E-state index is 0.932. The molecule has 0 spiro atoms. The van der Waals surface area contributed by atoms with Crippen LogP contribution in [0.25, 0.3) is 10.9 Å². The standard InChI is InChI=1S/C14H21N3/c1-3-17(2)9-8-15-10-12-11-16-14-7-5-4-6-13(12)14/h4-7,11,15-16H,3,8-10H2,1-2H3. The molecule has 0 saturated heterocycles. The van der Waals surface area contributed by atoms with Gasteiger partial charge in [0.1, 0.15) is 0 Å². The predicted octanol–water partition coefficient (Wildman–Crippen LogP) is 2.21. The molecule has 0 aliphatic rings. The Morgan fingerprint density at radius 1 is 1.29 bits per heavy atom. The van der Waals surface area contributed by atoms with Gasteiger partial charge in [0.2, 0.25) is 0 Å². The number of nitrogens with one attached hydrogen (secondary N) is 2. The quantitative estimate of drug-likeness (QED) is 0.747. The van der Waals surface area contributed by atoms with Crippen LogP contribution in [0.1, 0.15) is 12.5 Å². The summed E-state index contributed by atoms with van der Waals surface area (Å²) in [7, 11) is 2.15. The molecule has 1 aromatic heterocycles. The molecule has 3 heteroatoms. The molecule has 92 valence electrons. The maximum Gasteiger partial charge on any atom is 0.0457 e. The highest BCUT2D eigenvalue weighted by molar-refractivity contribution is 5.82. The lowest BCUT2D eigenvalue weighted by Crippen LogP contribution is -2.28. The average Bonchev–Trinajstić information content (AvgIpc) is 2.78. The Hall–Kier alpha value is -1.32. The normalized spacial score (nSPS) is 11.5. The number of benzene rings is 1. The van der Waals surface area contributed by atoms with Gasteiger partial charge in [0.25, 0.3) is 0 Å². The van der Waals surface area contributed by atoms with E-state index >= 15 is 0 Å². The Morgan fingerprint density at radius 3 is 2.94 bits per heavy atom. The zero-order chi connectivity index (χ0) is 12.1. The van der Waals surface area contributed by atoms with Crippen molar-refractivity contribution in [1.29, 1.82) is 0 Å². The minimum atomic E-state index is 0.932. The van der Waals surface area contributed by atoms with Gasteiger partial charge in [0.05, 0.1) is 0 Å². The fourth-order valence-electron chi connectivity index (χ4n) is 1.93. The maximum atomic E-state index is 3.48. The third-order valence-corrected chi connectivity index (χ3v) is 3.20. The van der Waals surface area contributed by atoms with Crippen LogP contribution < -0.4 is 5.32 Å². The van der Waals surface area contributed by atoms with Crippen molar-refractivity contribution in [2.75, 3.05) is 26.7 Å². The van der Waals surface area contributed by atoms with E-state index in [1.165, 1.54) is 16.5 Å². The molecule has 17 heavy (non-hydrogen) atoms. The summed E-state index contributed by atoms with van der Waals surface area (Å²) in [6.45, 7) is 6.35. The van der Waals surface area contributed by atoms with Gasteiger partial charge in [-0.2, -0.15) is 0 Å². The molecule has 0 fully saturated rings. The highest BCUT2D eigenvalue weighted by Crippen LogP contribution is 2.16. The summed E-state index contributed by atoms with van der Waals surface area (Å²) in [5.74, 6) is 0. The second-order valence-corrected chi connectivity index (χ2v) is 4.43. The lowest BCUT2D eigenvalue weighted by Gasteiger charge is -2.13. The summed E-state index contributed by atoms with van der Waals surface area (Å²) in [4.78, 5) is 5.61. The lowest BCUT2D eigenvalue weighted by molar-refractivity contribution is 0.349. The molecular weight excluding hydrogens is 210 g/mol. The molecule has 0 radical (unpaired) electrons. The van der Waals surface area contributed by atoms with Crippen molar-refractivity contribution in [1.82, 2.24) is 15.2 Å². The van der Waals surface area contributed by atoms with Crippen molar-refractivity contribution in [3.05, 3.63) is 36.0 Å². The summed E-state index contributed by atoms with van der Waals surface area (Å²) >= 11 is 0. The third-order valence-electron chi connectivity index (χ3n) is 3.20. The first-order chi connectivity index (χ1) is 8.31. The van der Waals surface area contributed by atoms with Gasteiger partial charge in [-0.3, -0.25) is 0 Å². The van der Waals surface area contributed by atoms with Crippen LogP contribution in [0.3, 0.4) is 0 Å². The van der Waals surface area contributed by atoms with Crippen LogP contribution in [0.15, 0.2) is 30.5 Å². The second kappa shape index (κ2) is 5.84. The summed E-state index contributed by atoms with van der Waals surface area (Å²) in [6, 6.07) is 8.43. The molecule has 0 saturated carbocycles. The molecule has 1 heterocycles. The lowest BCUT2D eigenvalue weighted by atomic mass is 10.2. The first kappa shape index (κ1) is 12.1. The van der Waals surface area contributed by atoms with Gasteiger partial charge < -0.3 is 15.2 Å². The SMILES string of the molecule is CCN(C)CCNCc1c[nH]c2ccccc12. The molecule has 0 aliphatic carbocycles. The molecule has 0 aliphatic heterocycles. The molecule has 2 aromatic rings. The molecule has 2 rings (SSSR count). The van der Waals surface area contributed by atoms with Gasteiger partial charge in [-0.25, -0.2) is 0 Å². The highest BCUT2D eigenvalue weighted by atomic mass is 15.1. The molecule has 0 unspecified atom stereocenters. The van der Waals surface area contributed by atoms with Gasteiger partial charge in [0.15, 0.2) is 0 Å². The van der Waals surface area contributed by atoms with Crippen LogP contribution in [0, 0.1) is 0 Å². The minimum Gasteiger partial charge on any atom is -0.361 e. The van der Waals surface area contributed by atoms with Crippen LogP contribution in [0.4, 0.5) is 0 Å². The van der Waals surface area contributed by atoms with Crippen LogP contribution in [-0.2, 0) is 6.54 Å². The Labute approximate surface area is 103 Å². The largest absolute Gasteiger partial charge is 0.361 e. The van der Waals surface area contributed by atoms with E-state index in [0.717, 1.165) is 26.2 Å². The fraction of sp³-hybridized carbons (Fsp3) is 0.429. The van der Waals surface area contributed by atoms with Crippen LogP contribution >= 0.6 is 0 Å². The first-order valence-electron chi connectivity index (χ1n) is 6.25. The summed E-state index contributed by atoms with van der Waals surface area (Å²) in [5.41, 5.74) is 2.56. The molecule has 0 bridgehead atoms. The van der Waals surface area contributed by atoms with E-state index in [4.69, 9.17) is 0 Å². The Morgan fingerprint density at radius 2 is 2.12 bits per heavy atom. The van der Waals surface area contributed by atoms with E-state index in [-0.39, 0.29) is 0 Å². The average molecular weight is 231 g/mol. The fourth-order valence-corrected chi connectivity index (χ4v) is 1.93. The molecular formula is C14H21N3. The zero-order valence-electron chi connectivity index (χ0n) is 10.7. The summed E-state index contributed by atoms with van der Waals surface area (Å²) in [6.07, 6.45) is 2.10. The van der Waals surface area contributed by atoms with E-state index in [0.29, 0.717) is 0 Å². The topological polar surface area (TPSA) is 31.1 Å². The van der Waals surface area contributed by atoms with Crippen LogP contribution in [0.2, 0.25) is 0 Å². The molecule has 0 atom stereocenters. The summed E-state index contributed by atoms with van der Waals surface area (Å²) < 4.78 is 0. The van der Waals surface area contributed by atoms with Crippen molar-refractivity contribution in [2.24, 2.45) is 0 Å². The Bertz CT molecular complexity index is 461. The van der Waals surface area contributed by atoms with Crippen molar-refractivity contribution in [3.8, 4) is 0 Å². The number of H-pyrrole nitrogens is 1. The number of fused-ring (bicyclic) bond motifs is 1. The van der Waals surface area contributed by atoms with E-state index in [9.17, 15) is 0 Å². The Balaban J connectivity index is 1.87. The van der Waals surface area contributed by atoms with Gasteiger partial charge in [-0.05, 0) is 25.2 Å². The van der Waals surface area contributed by atoms with Crippen molar-refractivity contribution >= 4 is 10.9 Å². The molecule has 0 amide bonds. The van der Waals surface area contributed by atoms with Crippen LogP contribution in [0.5, 0.6) is 0 Å². The Kier molecular flexibility index (Phi) is 4.18.